The Balaban J connectivity index is 2.62. The van der Waals surface area contributed by atoms with Crippen molar-refractivity contribution >= 4 is 12.1 Å². The Morgan fingerprint density at radius 1 is 1.38 bits per heavy atom. The summed E-state index contributed by atoms with van der Waals surface area (Å²) in [5.74, 6) is -0.643. The van der Waals surface area contributed by atoms with Crippen LogP contribution >= 0.6 is 0 Å². The van der Waals surface area contributed by atoms with E-state index in [0.717, 1.165) is 5.56 Å². The molecule has 0 aromatic heterocycles. The van der Waals surface area contributed by atoms with Crippen LogP contribution in [0.5, 0.6) is 0 Å². The molecular weight excluding hydrogens is 164 g/mol. The van der Waals surface area contributed by atoms with Crippen molar-refractivity contribution < 1.29 is 4.79 Å². The Kier molecular flexibility index (Phi) is 1.67. The Hall–Kier alpha value is -1.95. The Bertz CT molecular complexity index is 429. The highest BCUT2D eigenvalue weighted by Crippen LogP contribution is 2.22. The van der Waals surface area contributed by atoms with Crippen LogP contribution in [-0.4, -0.2) is 12.1 Å². The molecule has 62 valence electrons. The van der Waals surface area contributed by atoms with Gasteiger partial charge in [-0.15, -0.1) is 0 Å². The normalized spacial score (nSPS) is 19.3. The SMILES string of the molecule is N#CC1C=NC(=O)c2ccccc21. The van der Waals surface area contributed by atoms with Crippen LogP contribution in [0.15, 0.2) is 29.3 Å². The third kappa shape index (κ3) is 1.13. The first-order valence-electron chi connectivity index (χ1n) is 3.90. The molecule has 2 rings (SSSR count). The fraction of sp³-hybridized carbons (Fsp3) is 0.100. The Morgan fingerprint density at radius 2 is 2.15 bits per heavy atom. The second-order valence-corrected chi connectivity index (χ2v) is 2.78. The highest BCUT2D eigenvalue weighted by atomic mass is 16.1. The molecular formula is C10H6N2O. The third-order valence-electron chi connectivity index (χ3n) is 2.01. The fourth-order valence-electron chi connectivity index (χ4n) is 1.36. The van der Waals surface area contributed by atoms with Crippen molar-refractivity contribution in [2.45, 2.75) is 5.92 Å². The molecule has 1 amide bonds. The number of fused-ring (bicyclic) bond motifs is 1. The van der Waals surface area contributed by atoms with Crippen molar-refractivity contribution in [1.82, 2.24) is 0 Å². The molecule has 13 heavy (non-hydrogen) atoms. The molecule has 0 saturated carbocycles. The molecule has 3 nitrogen and oxygen atoms in total. The first kappa shape index (κ1) is 7.69. The van der Waals surface area contributed by atoms with E-state index in [1.54, 1.807) is 18.2 Å². The van der Waals surface area contributed by atoms with Crippen molar-refractivity contribution in [3.8, 4) is 6.07 Å². The van der Waals surface area contributed by atoms with Crippen molar-refractivity contribution in [3.05, 3.63) is 35.4 Å². The van der Waals surface area contributed by atoms with Crippen LogP contribution in [-0.2, 0) is 0 Å². The summed E-state index contributed by atoms with van der Waals surface area (Å²) in [6.45, 7) is 0. The lowest BCUT2D eigenvalue weighted by Gasteiger charge is -2.12. The summed E-state index contributed by atoms with van der Waals surface area (Å²) in [7, 11) is 0. The molecule has 0 radical (unpaired) electrons. The van der Waals surface area contributed by atoms with Crippen molar-refractivity contribution in [2.24, 2.45) is 4.99 Å². The van der Waals surface area contributed by atoms with Gasteiger partial charge in [0.25, 0.3) is 5.91 Å². The monoisotopic (exact) mass is 170 g/mol. The number of nitriles is 1. The highest BCUT2D eigenvalue weighted by molar-refractivity contribution is 6.05. The Morgan fingerprint density at radius 3 is 2.92 bits per heavy atom. The number of carbonyl (C=O) groups excluding carboxylic acids is 1. The molecule has 1 atom stereocenters. The van der Waals surface area contributed by atoms with E-state index in [1.165, 1.54) is 6.21 Å². The average molecular weight is 170 g/mol. The molecule has 0 N–H and O–H groups in total. The van der Waals surface area contributed by atoms with Crippen LogP contribution in [0.1, 0.15) is 21.8 Å². The predicted molar refractivity (Wildman–Crippen MR) is 47.6 cm³/mol. The second-order valence-electron chi connectivity index (χ2n) is 2.78. The number of carbonyl (C=O) groups is 1. The molecule has 0 saturated heterocycles. The van der Waals surface area contributed by atoms with E-state index in [1.807, 2.05) is 6.07 Å². The van der Waals surface area contributed by atoms with Gasteiger partial charge in [0, 0.05) is 11.8 Å². The van der Waals surface area contributed by atoms with Crippen LogP contribution in [0.25, 0.3) is 0 Å². The van der Waals surface area contributed by atoms with Gasteiger partial charge in [-0.3, -0.25) is 4.79 Å². The number of rotatable bonds is 0. The van der Waals surface area contributed by atoms with Gasteiger partial charge in [-0.25, -0.2) is 4.99 Å². The van der Waals surface area contributed by atoms with Crippen molar-refractivity contribution in [2.75, 3.05) is 0 Å². The maximum Gasteiger partial charge on any atom is 0.277 e. The van der Waals surface area contributed by atoms with E-state index >= 15 is 0 Å². The maximum atomic E-state index is 11.2. The van der Waals surface area contributed by atoms with E-state index in [9.17, 15) is 4.79 Å². The largest absolute Gasteiger partial charge is 0.277 e. The van der Waals surface area contributed by atoms with Gasteiger partial charge in [0.05, 0.1) is 6.07 Å². The van der Waals surface area contributed by atoms with Crippen LogP contribution in [0.4, 0.5) is 0 Å². The number of aliphatic imine (C=N–C) groups is 1. The lowest BCUT2D eigenvalue weighted by molar-refractivity contribution is 0.100. The zero-order valence-corrected chi connectivity index (χ0v) is 6.77. The topological polar surface area (TPSA) is 53.2 Å². The van der Waals surface area contributed by atoms with Crippen molar-refractivity contribution in [1.29, 1.82) is 5.26 Å². The van der Waals surface area contributed by atoms with E-state index in [0.29, 0.717) is 5.56 Å². The Labute approximate surface area is 75.3 Å². The first-order valence-corrected chi connectivity index (χ1v) is 3.90. The van der Waals surface area contributed by atoms with E-state index < -0.39 is 0 Å². The molecule has 0 aliphatic carbocycles. The van der Waals surface area contributed by atoms with Gasteiger partial charge in [0.2, 0.25) is 0 Å². The number of amides is 1. The highest BCUT2D eigenvalue weighted by Gasteiger charge is 2.20. The zero-order chi connectivity index (χ0) is 9.26. The van der Waals surface area contributed by atoms with E-state index in [2.05, 4.69) is 11.1 Å². The second kappa shape index (κ2) is 2.83. The lowest BCUT2D eigenvalue weighted by atomic mass is 9.94. The van der Waals surface area contributed by atoms with E-state index in [4.69, 9.17) is 5.26 Å². The molecule has 0 spiro atoms. The summed E-state index contributed by atoms with van der Waals surface area (Å²) >= 11 is 0. The van der Waals surface area contributed by atoms with Gasteiger partial charge in [0.1, 0.15) is 5.92 Å². The molecule has 1 heterocycles. The summed E-state index contributed by atoms with van der Waals surface area (Å²) in [6, 6.07) is 9.14. The number of benzene rings is 1. The van der Waals surface area contributed by atoms with Crippen LogP contribution in [0.2, 0.25) is 0 Å². The third-order valence-corrected chi connectivity index (χ3v) is 2.01. The van der Waals surface area contributed by atoms with Gasteiger partial charge in [-0.1, -0.05) is 18.2 Å². The van der Waals surface area contributed by atoms with Gasteiger partial charge in [-0.2, -0.15) is 5.26 Å². The number of hydrogen-bond acceptors (Lipinski definition) is 2. The smallest absolute Gasteiger partial charge is 0.267 e. The summed E-state index contributed by atoms with van der Waals surface area (Å²) < 4.78 is 0. The van der Waals surface area contributed by atoms with Crippen LogP contribution < -0.4 is 0 Å². The van der Waals surface area contributed by atoms with Gasteiger partial charge in [0.15, 0.2) is 0 Å². The standard InChI is InChI=1S/C10H6N2O/c11-5-7-6-12-10(13)9-4-2-1-3-8(7)9/h1-4,6-7H. The molecule has 1 aromatic carbocycles. The first-order chi connectivity index (χ1) is 6.33. The van der Waals surface area contributed by atoms with Crippen LogP contribution in [0.3, 0.4) is 0 Å². The maximum absolute atomic E-state index is 11.2. The molecule has 3 heteroatoms. The summed E-state index contributed by atoms with van der Waals surface area (Å²) in [5.41, 5.74) is 1.29. The minimum Gasteiger partial charge on any atom is -0.267 e. The van der Waals surface area contributed by atoms with E-state index in [-0.39, 0.29) is 11.8 Å². The van der Waals surface area contributed by atoms with Crippen LogP contribution in [0, 0.1) is 11.3 Å². The van der Waals surface area contributed by atoms with Gasteiger partial charge in [-0.05, 0) is 11.6 Å². The fourth-order valence-corrected chi connectivity index (χ4v) is 1.36. The number of hydrogen-bond donors (Lipinski definition) is 0. The molecule has 0 fully saturated rings. The molecule has 1 unspecified atom stereocenters. The minimum atomic E-state index is -0.381. The molecule has 1 aliphatic heterocycles. The van der Waals surface area contributed by atoms with Gasteiger partial charge < -0.3 is 0 Å². The molecule has 1 aliphatic rings. The quantitative estimate of drug-likeness (QED) is 0.592. The minimum absolute atomic E-state index is 0.262. The predicted octanol–water partition coefficient (Wildman–Crippen LogP) is 1.52. The average Bonchev–Trinajstić information content (AvgIpc) is 2.19. The zero-order valence-electron chi connectivity index (χ0n) is 6.77. The summed E-state index contributed by atoms with van der Waals surface area (Å²) in [4.78, 5) is 14.9. The lowest BCUT2D eigenvalue weighted by Crippen LogP contribution is -2.12. The number of nitrogens with zero attached hydrogens (tertiary/aromatic N) is 2. The molecule has 0 bridgehead atoms. The molecule has 1 aromatic rings. The van der Waals surface area contributed by atoms with Crippen molar-refractivity contribution in [3.63, 3.8) is 0 Å². The van der Waals surface area contributed by atoms with Gasteiger partial charge >= 0.3 is 0 Å². The summed E-state index contributed by atoms with van der Waals surface area (Å²) in [5, 5.41) is 8.77. The summed E-state index contributed by atoms with van der Waals surface area (Å²) in [6.07, 6.45) is 1.39.